The van der Waals surface area contributed by atoms with Crippen molar-refractivity contribution < 1.29 is 13.2 Å². The van der Waals surface area contributed by atoms with Gasteiger partial charge in [-0.3, -0.25) is 4.79 Å². The van der Waals surface area contributed by atoms with E-state index in [-0.39, 0.29) is 17.3 Å². The molecule has 0 unspecified atom stereocenters. The van der Waals surface area contributed by atoms with Crippen LogP contribution in [-0.4, -0.2) is 36.1 Å². The van der Waals surface area contributed by atoms with E-state index in [1.807, 2.05) is 4.57 Å². The molecule has 25 heavy (non-hydrogen) atoms. The molecule has 0 atom stereocenters. The van der Waals surface area contributed by atoms with E-state index >= 15 is 0 Å². The molecule has 0 radical (unpaired) electrons. The number of nitrogens with zero attached hydrogens (tertiary/aromatic N) is 3. The highest BCUT2D eigenvalue weighted by Crippen LogP contribution is 2.28. The van der Waals surface area contributed by atoms with Crippen LogP contribution in [0.1, 0.15) is 53.6 Å². The van der Waals surface area contributed by atoms with Crippen LogP contribution in [-0.2, 0) is 16.6 Å². The number of amides is 1. The van der Waals surface area contributed by atoms with Gasteiger partial charge in [-0.05, 0) is 18.9 Å². The molecule has 2 N–H and O–H groups in total. The van der Waals surface area contributed by atoms with Crippen molar-refractivity contribution in [1.82, 2.24) is 24.8 Å². The lowest BCUT2D eigenvalue weighted by atomic mass is 9.95. The van der Waals surface area contributed by atoms with Gasteiger partial charge in [0.1, 0.15) is 12.2 Å². The van der Waals surface area contributed by atoms with Gasteiger partial charge < -0.3 is 9.88 Å². The molecule has 0 aromatic carbocycles. The van der Waals surface area contributed by atoms with E-state index < -0.39 is 10.0 Å². The molecule has 1 saturated carbocycles. The van der Waals surface area contributed by atoms with E-state index in [2.05, 4.69) is 20.2 Å². The summed E-state index contributed by atoms with van der Waals surface area (Å²) in [6, 6.07) is 1.71. The second-order valence-electron chi connectivity index (χ2n) is 6.00. The summed E-state index contributed by atoms with van der Waals surface area (Å²) >= 11 is 1.09. The molecule has 1 amide bonds. The van der Waals surface area contributed by atoms with E-state index in [1.54, 1.807) is 6.33 Å². The van der Waals surface area contributed by atoms with Gasteiger partial charge in [0.15, 0.2) is 0 Å². The highest BCUT2D eigenvalue weighted by atomic mass is 32.2. The Morgan fingerprint density at radius 3 is 2.84 bits per heavy atom. The molecule has 0 spiro atoms. The molecule has 136 valence electrons. The molecule has 1 aliphatic rings. The van der Waals surface area contributed by atoms with Crippen molar-refractivity contribution in [2.45, 2.75) is 49.6 Å². The maximum Gasteiger partial charge on any atom is 0.261 e. The SMILES string of the molecule is CNC(=O)c1cc(S(=O)(=O)NCc2nncn2C2CCCCC2)cs1. The lowest BCUT2D eigenvalue weighted by molar-refractivity contribution is 0.0967. The van der Waals surface area contributed by atoms with E-state index in [1.165, 1.54) is 37.8 Å². The first kappa shape index (κ1) is 18.0. The average Bonchev–Trinajstić information content (AvgIpc) is 3.30. The lowest BCUT2D eigenvalue weighted by Gasteiger charge is -2.23. The molecule has 0 saturated heterocycles. The van der Waals surface area contributed by atoms with Crippen molar-refractivity contribution in [2.75, 3.05) is 7.05 Å². The number of carbonyl (C=O) groups excluding carboxylic acids is 1. The summed E-state index contributed by atoms with van der Waals surface area (Å²) in [4.78, 5) is 12.0. The summed E-state index contributed by atoms with van der Waals surface area (Å²) in [5.74, 6) is 0.306. The van der Waals surface area contributed by atoms with Crippen LogP contribution in [0.4, 0.5) is 0 Å². The van der Waals surface area contributed by atoms with Crippen LogP contribution in [0.2, 0.25) is 0 Å². The minimum Gasteiger partial charge on any atom is -0.354 e. The maximum absolute atomic E-state index is 12.4. The Kier molecular flexibility index (Phi) is 5.50. The molecule has 1 aliphatic carbocycles. The number of carbonyl (C=O) groups is 1. The van der Waals surface area contributed by atoms with Crippen LogP contribution in [0.15, 0.2) is 22.7 Å². The molecule has 2 aromatic rings. The molecule has 10 heteroatoms. The molecule has 0 aliphatic heterocycles. The molecule has 0 bridgehead atoms. The Morgan fingerprint density at radius 1 is 1.36 bits per heavy atom. The zero-order valence-electron chi connectivity index (χ0n) is 13.9. The zero-order chi connectivity index (χ0) is 17.9. The molecule has 1 fully saturated rings. The highest BCUT2D eigenvalue weighted by molar-refractivity contribution is 7.89. The van der Waals surface area contributed by atoms with Gasteiger partial charge in [-0.15, -0.1) is 21.5 Å². The van der Waals surface area contributed by atoms with Gasteiger partial charge in [0.05, 0.1) is 16.3 Å². The summed E-state index contributed by atoms with van der Waals surface area (Å²) in [5, 5.41) is 11.9. The first-order valence-electron chi connectivity index (χ1n) is 8.20. The quantitative estimate of drug-likeness (QED) is 0.789. The summed E-state index contributed by atoms with van der Waals surface area (Å²) in [5.41, 5.74) is 0. The zero-order valence-corrected chi connectivity index (χ0v) is 15.6. The maximum atomic E-state index is 12.4. The monoisotopic (exact) mass is 383 g/mol. The second-order valence-corrected chi connectivity index (χ2v) is 8.67. The van der Waals surface area contributed by atoms with Crippen molar-refractivity contribution in [3.63, 3.8) is 0 Å². The van der Waals surface area contributed by atoms with Gasteiger partial charge in [0.25, 0.3) is 5.91 Å². The van der Waals surface area contributed by atoms with E-state index in [0.717, 1.165) is 24.2 Å². The van der Waals surface area contributed by atoms with Crippen LogP contribution < -0.4 is 10.0 Å². The van der Waals surface area contributed by atoms with Crippen LogP contribution in [0, 0.1) is 0 Å². The van der Waals surface area contributed by atoms with Crippen LogP contribution in [0.5, 0.6) is 0 Å². The van der Waals surface area contributed by atoms with Crippen LogP contribution in [0.25, 0.3) is 0 Å². The van der Waals surface area contributed by atoms with Crippen molar-refractivity contribution in [3.8, 4) is 0 Å². The fraction of sp³-hybridized carbons (Fsp3) is 0.533. The van der Waals surface area contributed by atoms with Gasteiger partial charge >= 0.3 is 0 Å². The third-order valence-electron chi connectivity index (χ3n) is 4.37. The Balaban J connectivity index is 1.69. The van der Waals surface area contributed by atoms with Gasteiger partial charge in [-0.2, -0.15) is 0 Å². The fourth-order valence-electron chi connectivity index (χ4n) is 3.00. The van der Waals surface area contributed by atoms with Crippen molar-refractivity contribution in [2.24, 2.45) is 0 Å². The molecule has 2 aromatic heterocycles. The van der Waals surface area contributed by atoms with Gasteiger partial charge in [-0.1, -0.05) is 19.3 Å². The Bertz CT molecular complexity index is 837. The van der Waals surface area contributed by atoms with Crippen LogP contribution in [0.3, 0.4) is 0 Å². The minimum atomic E-state index is -3.71. The average molecular weight is 383 g/mol. The Hall–Kier alpha value is -1.78. The van der Waals surface area contributed by atoms with Gasteiger partial charge in [0.2, 0.25) is 10.0 Å². The largest absolute Gasteiger partial charge is 0.354 e. The van der Waals surface area contributed by atoms with Crippen molar-refractivity contribution in [1.29, 1.82) is 0 Å². The number of nitrogens with one attached hydrogen (secondary N) is 2. The molecule has 8 nitrogen and oxygen atoms in total. The Labute approximate surface area is 150 Å². The van der Waals surface area contributed by atoms with Crippen molar-refractivity contribution in [3.05, 3.63) is 28.5 Å². The number of aromatic nitrogens is 3. The summed E-state index contributed by atoms with van der Waals surface area (Å²) in [6.07, 6.45) is 7.40. The van der Waals surface area contributed by atoms with Gasteiger partial charge in [-0.25, -0.2) is 13.1 Å². The standard InChI is InChI=1S/C15H21N5O3S2/c1-16-15(21)13-7-12(9-24-13)25(22,23)18-8-14-19-17-10-20(14)11-5-3-2-4-6-11/h7,9-11,18H,2-6,8H2,1H3,(H,16,21). The number of rotatable bonds is 6. The van der Waals surface area contributed by atoms with Crippen LogP contribution >= 0.6 is 11.3 Å². The molecular formula is C15H21N5O3S2. The third-order valence-corrected chi connectivity index (χ3v) is 6.83. The number of hydrogen-bond donors (Lipinski definition) is 2. The van der Waals surface area contributed by atoms with E-state index in [9.17, 15) is 13.2 Å². The summed E-state index contributed by atoms with van der Waals surface area (Å²) in [7, 11) is -2.20. The first-order valence-corrected chi connectivity index (χ1v) is 10.6. The van der Waals surface area contributed by atoms with E-state index in [0.29, 0.717) is 16.7 Å². The van der Waals surface area contributed by atoms with E-state index in [4.69, 9.17) is 0 Å². The lowest BCUT2D eigenvalue weighted by Crippen LogP contribution is -2.26. The normalized spacial score (nSPS) is 16.0. The number of thiophene rings is 1. The third kappa shape index (κ3) is 4.07. The fourth-order valence-corrected chi connectivity index (χ4v) is 5.20. The second kappa shape index (κ2) is 7.63. The smallest absolute Gasteiger partial charge is 0.261 e. The van der Waals surface area contributed by atoms with Crippen molar-refractivity contribution >= 4 is 27.3 Å². The number of hydrogen-bond acceptors (Lipinski definition) is 6. The minimum absolute atomic E-state index is 0.0734. The molecule has 3 rings (SSSR count). The Morgan fingerprint density at radius 2 is 2.12 bits per heavy atom. The van der Waals surface area contributed by atoms with Gasteiger partial charge in [0, 0.05) is 18.5 Å². The molecule has 2 heterocycles. The topological polar surface area (TPSA) is 106 Å². The predicted molar refractivity (Wildman–Crippen MR) is 93.9 cm³/mol. The first-order chi connectivity index (χ1) is 12.0. The number of sulfonamides is 1. The summed E-state index contributed by atoms with van der Waals surface area (Å²) in [6.45, 7) is 0.0734. The molecular weight excluding hydrogens is 362 g/mol. The highest BCUT2D eigenvalue weighted by Gasteiger charge is 2.22. The predicted octanol–water partition coefficient (Wildman–Crippen LogP) is 1.68. The summed E-state index contributed by atoms with van der Waals surface area (Å²) < 4.78 is 29.4.